The van der Waals surface area contributed by atoms with Crippen LogP contribution < -0.4 is 11.3 Å². The van der Waals surface area contributed by atoms with Crippen LogP contribution in [-0.4, -0.2) is 38.1 Å². The van der Waals surface area contributed by atoms with Crippen molar-refractivity contribution < 1.29 is 18.6 Å². The fourth-order valence-corrected chi connectivity index (χ4v) is 4.05. The molecule has 0 atom stereocenters. The highest BCUT2D eigenvalue weighted by Gasteiger charge is 2.32. The van der Waals surface area contributed by atoms with Gasteiger partial charge in [0.1, 0.15) is 22.7 Å². The molecular weight excluding hydrogens is 420 g/mol. The number of H-pyrrole nitrogens is 1. The molecule has 0 radical (unpaired) electrons. The maximum absolute atomic E-state index is 14.5. The molecule has 3 aromatic heterocycles. The zero-order valence-electron chi connectivity index (χ0n) is 16.8. The van der Waals surface area contributed by atoms with Crippen molar-refractivity contribution in [3.8, 4) is 16.9 Å². The van der Waals surface area contributed by atoms with Crippen molar-refractivity contribution in [1.82, 2.24) is 19.7 Å². The van der Waals surface area contributed by atoms with Crippen LogP contribution in [-0.2, 0) is 10.3 Å². The highest BCUT2D eigenvalue weighted by Crippen LogP contribution is 2.33. The molecule has 32 heavy (non-hydrogen) atoms. The minimum absolute atomic E-state index is 0.000845. The number of nitrogens with zero attached hydrogens (tertiary/aromatic N) is 3. The van der Waals surface area contributed by atoms with Crippen molar-refractivity contribution >= 4 is 16.7 Å². The molecule has 1 saturated heterocycles. The number of nitrogens with two attached hydrogens (primary N) is 1. The van der Waals surface area contributed by atoms with E-state index < -0.39 is 28.5 Å². The first-order chi connectivity index (χ1) is 15.4. The van der Waals surface area contributed by atoms with E-state index in [4.69, 9.17) is 10.5 Å². The Labute approximate surface area is 180 Å². The molecule has 4 aromatic rings. The summed E-state index contributed by atoms with van der Waals surface area (Å²) in [6.07, 6.45) is 3.75. The van der Waals surface area contributed by atoms with Crippen LogP contribution in [0, 0.1) is 11.6 Å². The SMILES string of the molecule is Nc1n[nH]c2c(-c3ccc(C4(O)CCOCC4)cn3)cn(-c3c(F)cccc3F)c(=O)c12. The van der Waals surface area contributed by atoms with E-state index in [-0.39, 0.29) is 11.2 Å². The van der Waals surface area contributed by atoms with E-state index >= 15 is 0 Å². The van der Waals surface area contributed by atoms with Gasteiger partial charge in [-0.05, 0) is 18.2 Å². The van der Waals surface area contributed by atoms with Gasteiger partial charge in [-0.15, -0.1) is 0 Å². The van der Waals surface area contributed by atoms with Gasteiger partial charge in [0.05, 0.1) is 16.8 Å². The predicted octanol–water partition coefficient (Wildman–Crippen LogP) is 2.63. The standard InChI is InChI=1S/C22H19F2N5O3/c23-14-2-1-3-15(24)19(14)29-11-13(18-17(21(29)30)20(25)28-27-18)16-5-4-12(10-26-16)22(31)6-8-32-9-7-22/h1-5,10-11,31H,6-9H2,(H3,25,27,28). The predicted molar refractivity (Wildman–Crippen MR) is 113 cm³/mol. The van der Waals surface area contributed by atoms with Gasteiger partial charge in [-0.1, -0.05) is 12.1 Å². The average Bonchev–Trinajstić information content (AvgIpc) is 3.18. The van der Waals surface area contributed by atoms with E-state index in [1.807, 2.05) is 0 Å². The molecule has 5 rings (SSSR count). The van der Waals surface area contributed by atoms with Crippen LogP contribution in [0.25, 0.3) is 27.8 Å². The summed E-state index contributed by atoms with van der Waals surface area (Å²) in [6.45, 7) is 0.900. The van der Waals surface area contributed by atoms with Gasteiger partial charge in [0.25, 0.3) is 5.56 Å². The minimum atomic E-state index is -1.04. The number of nitrogen functional groups attached to an aromatic ring is 1. The van der Waals surface area contributed by atoms with Crippen LogP contribution in [0.4, 0.5) is 14.6 Å². The zero-order valence-corrected chi connectivity index (χ0v) is 16.8. The fraction of sp³-hybridized carbons (Fsp3) is 0.227. The van der Waals surface area contributed by atoms with E-state index in [1.54, 1.807) is 18.3 Å². The molecule has 8 nitrogen and oxygen atoms in total. The topological polar surface area (TPSA) is 119 Å². The molecule has 4 N–H and O–H groups in total. The largest absolute Gasteiger partial charge is 0.385 e. The van der Waals surface area contributed by atoms with Gasteiger partial charge in [-0.2, -0.15) is 5.10 Å². The number of ether oxygens (including phenoxy) is 1. The first kappa shape index (κ1) is 20.3. The van der Waals surface area contributed by atoms with Crippen LogP contribution in [0.1, 0.15) is 18.4 Å². The summed E-state index contributed by atoms with van der Waals surface area (Å²) in [4.78, 5) is 17.5. The summed E-state index contributed by atoms with van der Waals surface area (Å²) >= 11 is 0. The third-order valence-electron chi connectivity index (χ3n) is 5.83. The van der Waals surface area contributed by atoms with Crippen LogP contribution in [0.3, 0.4) is 0 Å². The lowest BCUT2D eigenvalue weighted by Crippen LogP contribution is -2.33. The van der Waals surface area contributed by atoms with Gasteiger partial charge in [0, 0.05) is 49.6 Å². The maximum Gasteiger partial charge on any atom is 0.268 e. The number of benzene rings is 1. The number of aromatic nitrogens is 4. The van der Waals surface area contributed by atoms with Crippen LogP contribution in [0.15, 0.2) is 47.5 Å². The van der Waals surface area contributed by atoms with Crippen LogP contribution >= 0.6 is 0 Å². The number of fused-ring (bicyclic) bond motifs is 1. The normalized spacial score (nSPS) is 15.8. The molecular formula is C22H19F2N5O3. The third-order valence-corrected chi connectivity index (χ3v) is 5.83. The lowest BCUT2D eigenvalue weighted by molar-refractivity contribution is -0.0680. The molecule has 0 saturated carbocycles. The fourth-order valence-electron chi connectivity index (χ4n) is 4.05. The summed E-state index contributed by atoms with van der Waals surface area (Å²) in [5.41, 5.74) is 5.32. The smallest absolute Gasteiger partial charge is 0.268 e. The Bertz CT molecular complexity index is 1350. The molecule has 0 spiro atoms. The molecule has 1 aliphatic heterocycles. The van der Waals surface area contributed by atoms with Crippen molar-refractivity contribution in [2.75, 3.05) is 18.9 Å². The highest BCUT2D eigenvalue weighted by molar-refractivity contribution is 5.97. The Morgan fingerprint density at radius 1 is 1.16 bits per heavy atom. The summed E-state index contributed by atoms with van der Waals surface area (Å²) in [5, 5.41) is 17.5. The average molecular weight is 439 g/mol. The lowest BCUT2D eigenvalue weighted by Gasteiger charge is -2.32. The van der Waals surface area contributed by atoms with Gasteiger partial charge in [0.2, 0.25) is 0 Å². The van der Waals surface area contributed by atoms with Crippen molar-refractivity contribution in [3.05, 3.63) is 70.3 Å². The molecule has 1 aromatic carbocycles. The number of pyridine rings is 2. The second kappa shape index (κ2) is 7.50. The van der Waals surface area contributed by atoms with Crippen molar-refractivity contribution in [3.63, 3.8) is 0 Å². The molecule has 10 heteroatoms. The van der Waals surface area contributed by atoms with E-state index in [1.165, 1.54) is 12.3 Å². The Morgan fingerprint density at radius 2 is 1.88 bits per heavy atom. The molecule has 0 aliphatic carbocycles. The lowest BCUT2D eigenvalue weighted by atomic mass is 9.87. The monoisotopic (exact) mass is 439 g/mol. The summed E-state index contributed by atoms with van der Waals surface area (Å²) in [7, 11) is 0. The number of halogens is 2. The minimum Gasteiger partial charge on any atom is -0.385 e. The summed E-state index contributed by atoms with van der Waals surface area (Å²) in [5.74, 6) is -1.89. The number of hydrogen-bond acceptors (Lipinski definition) is 6. The number of aliphatic hydroxyl groups is 1. The van der Waals surface area contributed by atoms with Gasteiger partial charge < -0.3 is 15.6 Å². The number of anilines is 1. The van der Waals surface area contributed by atoms with Gasteiger partial charge >= 0.3 is 0 Å². The Kier molecular flexibility index (Phi) is 4.75. The zero-order chi connectivity index (χ0) is 22.5. The quantitative estimate of drug-likeness (QED) is 0.452. The Morgan fingerprint density at radius 3 is 2.53 bits per heavy atom. The summed E-state index contributed by atoms with van der Waals surface area (Å²) < 4.78 is 35.1. The van der Waals surface area contributed by atoms with Crippen molar-refractivity contribution in [1.29, 1.82) is 0 Å². The number of hydrogen-bond donors (Lipinski definition) is 3. The van der Waals surface area contributed by atoms with E-state index in [0.717, 1.165) is 16.7 Å². The Balaban J connectivity index is 1.70. The maximum atomic E-state index is 14.5. The van der Waals surface area contributed by atoms with Gasteiger partial charge in [-0.25, -0.2) is 8.78 Å². The molecule has 0 bridgehead atoms. The molecule has 0 amide bonds. The number of nitrogens with one attached hydrogen (secondary N) is 1. The number of para-hydroxylation sites is 1. The van der Waals surface area contributed by atoms with Crippen molar-refractivity contribution in [2.24, 2.45) is 0 Å². The molecule has 0 unspecified atom stereocenters. The van der Waals surface area contributed by atoms with Gasteiger partial charge in [-0.3, -0.25) is 19.4 Å². The van der Waals surface area contributed by atoms with Gasteiger partial charge in [0.15, 0.2) is 5.82 Å². The van der Waals surface area contributed by atoms with Crippen molar-refractivity contribution in [2.45, 2.75) is 18.4 Å². The molecule has 4 heterocycles. The first-order valence-corrected chi connectivity index (χ1v) is 10.00. The van der Waals surface area contributed by atoms with Crippen LogP contribution in [0.2, 0.25) is 0 Å². The first-order valence-electron chi connectivity index (χ1n) is 10.00. The van der Waals surface area contributed by atoms with E-state index in [0.29, 0.717) is 48.4 Å². The third kappa shape index (κ3) is 3.15. The summed E-state index contributed by atoms with van der Waals surface area (Å²) in [6, 6.07) is 6.75. The highest BCUT2D eigenvalue weighted by atomic mass is 19.1. The van der Waals surface area contributed by atoms with E-state index in [2.05, 4.69) is 15.2 Å². The Hall–Kier alpha value is -3.63. The second-order valence-electron chi connectivity index (χ2n) is 7.72. The molecule has 1 fully saturated rings. The van der Waals surface area contributed by atoms with E-state index in [9.17, 15) is 18.7 Å². The number of rotatable bonds is 3. The van der Waals surface area contributed by atoms with Crippen LogP contribution in [0.5, 0.6) is 0 Å². The molecule has 164 valence electrons. The number of aromatic amines is 1. The molecule has 1 aliphatic rings. The second-order valence-corrected chi connectivity index (χ2v) is 7.72.